The third kappa shape index (κ3) is 3.95. The molecule has 1 spiro atoms. The van der Waals surface area contributed by atoms with Gasteiger partial charge in [-0.3, -0.25) is 9.69 Å². The molecule has 1 aromatic rings. The third-order valence-electron chi connectivity index (χ3n) is 6.05. The van der Waals surface area contributed by atoms with Crippen LogP contribution in [0.2, 0.25) is 0 Å². The van der Waals surface area contributed by atoms with Crippen LogP contribution in [0.25, 0.3) is 0 Å². The highest BCUT2D eigenvalue weighted by Crippen LogP contribution is 2.31. The van der Waals surface area contributed by atoms with Crippen LogP contribution in [0, 0.1) is 0 Å². The van der Waals surface area contributed by atoms with Gasteiger partial charge in [-0.1, -0.05) is 18.2 Å². The molecule has 0 radical (unpaired) electrons. The Hall–Kier alpha value is -1.43. The Morgan fingerprint density at radius 3 is 2.58 bits per heavy atom. The number of hydrogen-bond donors (Lipinski definition) is 1. The molecule has 142 valence electrons. The quantitative estimate of drug-likeness (QED) is 0.899. The molecule has 1 unspecified atom stereocenters. The SMILES string of the molecule is CC(NC(=O)CN1CCC2(CC1)OCCO2)c1ccc2c(c1)CCCC2. The van der Waals surface area contributed by atoms with E-state index >= 15 is 0 Å². The second-order valence-electron chi connectivity index (χ2n) is 7.91. The lowest BCUT2D eigenvalue weighted by atomic mass is 9.89. The Kier molecular flexibility index (Phi) is 5.30. The second kappa shape index (κ2) is 7.67. The number of rotatable bonds is 4. The topological polar surface area (TPSA) is 50.8 Å². The molecule has 2 heterocycles. The van der Waals surface area contributed by atoms with E-state index in [0.717, 1.165) is 25.9 Å². The molecule has 2 aliphatic heterocycles. The van der Waals surface area contributed by atoms with E-state index in [1.165, 1.54) is 42.4 Å². The summed E-state index contributed by atoms with van der Waals surface area (Å²) >= 11 is 0. The van der Waals surface area contributed by atoms with E-state index in [4.69, 9.17) is 9.47 Å². The zero-order chi connectivity index (χ0) is 18.0. The second-order valence-corrected chi connectivity index (χ2v) is 7.91. The van der Waals surface area contributed by atoms with Gasteiger partial charge in [-0.15, -0.1) is 0 Å². The van der Waals surface area contributed by atoms with E-state index in [2.05, 4.69) is 35.3 Å². The molecule has 1 aliphatic carbocycles. The van der Waals surface area contributed by atoms with Gasteiger partial charge in [0.05, 0.1) is 25.8 Å². The molecule has 1 N–H and O–H groups in total. The summed E-state index contributed by atoms with van der Waals surface area (Å²) in [6.07, 6.45) is 6.64. The number of carbonyl (C=O) groups is 1. The number of nitrogens with zero attached hydrogens (tertiary/aromatic N) is 1. The van der Waals surface area contributed by atoms with Gasteiger partial charge in [0, 0.05) is 25.9 Å². The van der Waals surface area contributed by atoms with E-state index in [0.29, 0.717) is 19.8 Å². The first-order valence-corrected chi connectivity index (χ1v) is 10.0. The molecule has 2 fully saturated rings. The Bertz CT molecular complexity index is 645. The van der Waals surface area contributed by atoms with Crippen LogP contribution in [-0.4, -0.2) is 49.4 Å². The largest absolute Gasteiger partial charge is 0.348 e. The summed E-state index contributed by atoms with van der Waals surface area (Å²) in [4.78, 5) is 14.7. The number of ether oxygens (including phenoxy) is 2. The summed E-state index contributed by atoms with van der Waals surface area (Å²) in [5.41, 5.74) is 4.16. The molecule has 3 aliphatic rings. The van der Waals surface area contributed by atoms with E-state index in [1.54, 1.807) is 0 Å². The standard InChI is InChI=1S/C21H30N2O3/c1-16(18-7-6-17-4-2-3-5-19(17)14-18)22-20(24)15-23-10-8-21(9-11-23)25-12-13-26-21/h6-7,14,16H,2-5,8-13,15H2,1H3,(H,22,24). The normalized spacial score (nSPS) is 23.6. The zero-order valence-electron chi connectivity index (χ0n) is 15.8. The maximum atomic E-state index is 12.5. The molecule has 1 aromatic carbocycles. The van der Waals surface area contributed by atoms with Crippen LogP contribution in [0.5, 0.6) is 0 Å². The van der Waals surface area contributed by atoms with Gasteiger partial charge in [0.25, 0.3) is 0 Å². The number of hydrogen-bond acceptors (Lipinski definition) is 4. The fraction of sp³-hybridized carbons (Fsp3) is 0.667. The maximum Gasteiger partial charge on any atom is 0.234 e. The summed E-state index contributed by atoms with van der Waals surface area (Å²) in [6.45, 7) is 5.61. The van der Waals surface area contributed by atoms with Crippen molar-refractivity contribution in [3.8, 4) is 0 Å². The summed E-state index contributed by atoms with van der Waals surface area (Å²) in [6, 6.07) is 6.76. The van der Waals surface area contributed by atoms with Gasteiger partial charge in [0.1, 0.15) is 0 Å². The minimum atomic E-state index is -0.372. The lowest BCUT2D eigenvalue weighted by Crippen LogP contribution is -2.48. The van der Waals surface area contributed by atoms with Gasteiger partial charge < -0.3 is 14.8 Å². The van der Waals surface area contributed by atoms with E-state index < -0.39 is 0 Å². The highest BCUT2D eigenvalue weighted by atomic mass is 16.7. The molecular weight excluding hydrogens is 328 g/mol. The van der Waals surface area contributed by atoms with Crippen molar-refractivity contribution in [3.05, 3.63) is 34.9 Å². The van der Waals surface area contributed by atoms with Crippen LogP contribution in [-0.2, 0) is 27.1 Å². The smallest absolute Gasteiger partial charge is 0.234 e. The molecule has 2 saturated heterocycles. The molecule has 1 amide bonds. The minimum Gasteiger partial charge on any atom is -0.348 e. The minimum absolute atomic E-state index is 0.0485. The van der Waals surface area contributed by atoms with Gasteiger partial charge >= 0.3 is 0 Å². The third-order valence-corrected chi connectivity index (χ3v) is 6.05. The fourth-order valence-electron chi connectivity index (χ4n) is 4.43. The van der Waals surface area contributed by atoms with E-state index in [1.807, 2.05) is 0 Å². The molecule has 0 bridgehead atoms. The number of likely N-dealkylation sites (tertiary alicyclic amines) is 1. The summed E-state index contributed by atoms with van der Waals surface area (Å²) in [5.74, 6) is -0.275. The summed E-state index contributed by atoms with van der Waals surface area (Å²) in [7, 11) is 0. The number of carbonyl (C=O) groups excluding carboxylic acids is 1. The van der Waals surface area contributed by atoms with Gasteiger partial charge in [-0.2, -0.15) is 0 Å². The molecule has 0 saturated carbocycles. The Labute approximate surface area is 156 Å². The molecule has 0 aromatic heterocycles. The van der Waals surface area contributed by atoms with Gasteiger partial charge in [0.2, 0.25) is 5.91 Å². The van der Waals surface area contributed by atoms with Crippen molar-refractivity contribution in [3.63, 3.8) is 0 Å². The fourth-order valence-corrected chi connectivity index (χ4v) is 4.43. The van der Waals surface area contributed by atoms with Crippen LogP contribution in [0.3, 0.4) is 0 Å². The first-order valence-electron chi connectivity index (χ1n) is 10.0. The number of fused-ring (bicyclic) bond motifs is 1. The maximum absolute atomic E-state index is 12.5. The zero-order valence-corrected chi connectivity index (χ0v) is 15.8. The molecule has 1 atom stereocenters. The van der Waals surface area contributed by atoms with Crippen LogP contribution >= 0.6 is 0 Å². The highest BCUT2D eigenvalue weighted by Gasteiger charge is 2.39. The molecular formula is C21H30N2O3. The lowest BCUT2D eigenvalue weighted by Gasteiger charge is -2.37. The Morgan fingerprint density at radius 2 is 1.85 bits per heavy atom. The predicted octanol–water partition coefficient (Wildman–Crippen LogP) is 2.58. The Balaban J connectivity index is 1.28. The summed E-state index contributed by atoms with van der Waals surface area (Å²) < 4.78 is 11.5. The van der Waals surface area contributed by atoms with Crippen LogP contribution in [0.15, 0.2) is 18.2 Å². The van der Waals surface area contributed by atoms with Crippen molar-refractivity contribution in [2.24, 2.45) is 0 Å². The van der Waals surface area contributed by atoms with Crippen molar-refractivity contribution in [2.75, 3.05) is 32.8 Å². The van der Waals surface area contributed by atoms with Crippen molar-refractivity contribution >= 4 is 5.91 Å². The average Bonchev–Trinajstić information content (AvgIpc) is 3.11. The van der Waals surface area contributed by atoms with Crippen molar-refractivity contribution in [1.29, 1.82) is 0 Å². The van der Waals surface area contributed by atoms with Crippen LogP contribution < -0.4 is 5.32 Å². The number of piperidine rings is 1. The Morgan fingerprint density at radius 1 is 1.15 bits per heavy atom. The monoisotopic (exact) mass is 358 g/mol. The first kappa shape index (κ1) is 18.0. The van der Waals surface area contributed by atoms with E-state index in [9.17, 15) is 4.79 Å². The van der Waals surface area contributed by atoms with Gasteiger partial charge in [-0.05, 0) is 49.3 Å². The number of aryl methyl sites for hydroxylation is 2. The van der Waals surface area contributed by atoms with Crippen LogP contribution in [0.1, 0.15) is 55.3 Å². The molecule has 26 heavy (non-hydrogen) atoms. The van der Waals surface area contributed by atoms with Crippen LogP contribution in [0.4, 0.5) is 0 Å². The van der Waals surface area contributed by atoms with Gasteiger partial charge in [-0.25, -0.2) is 0 Å². The number of nitrogens with one attached hydrogen (secondary N) is 1. The van der Waals surface area contributed by atoms with Crippen molar-refractivity contribution < 1.29 is 14.3 Å². The molecule has 4 rings (SSSR count). The van der Waals surface area contributed by atoms with E-state index in [-0.39, 0.29) is 17.7 Å². The summed E-state index contributed by atoms with van der Waals surface area (Å²) in [5, 5.41) is 3.17. The van der Waals surface area contributed by atoms with Gasteiger partial charge in [0.15, 0.2) is 5.79 Å². The van der Waals surface area contributed by atoms with Crippen molar-refractivity contribution in [1.82, 2.24) is 10.2 Å². The number of benzene rings is 1. The highest BCUT2D eigenvalue weighted by molar-refractivity contribution is 5.78. The average molecular weight is 358 g/mol. The number of amides is 1. The first-order chi connectivity index (χ1) is 12.6. The van der Waals surface area contributed by atoms with Crippen molar-refractivity contribution in [2.45, 2.75) is 57.3 Å². The molecule has 5 nitrogen and oxygen atoms in total. The molecule has 5 heteroatoms. The predicted molar refractivity (Wildman–Crippen MR) is 100.0 cm³/mol. The lowest BCUT2D eigenvalue weighted by molar-refractivity contribution is -0.185.